The standard InChI is InChI=1S/C17H24F2N2OS/c1-12(21-23(22)15(2,3)4)13-8-7-9-14(10-13)17(18,19)16(5,6)11-20/h7-10,12,21H,1-6H3/t12-,23-/m1/s1. The molecule has 0 saturated carbocycles. The number of halogens is 2. The first kappa shape index (κ1) is 19.9. The Bertz CT molecular complexity index is 591. The number of nitrogens with one attached hydrogen (secondary N) is 1. The molecule has 0 fully saturated rings. The van der Waals surface area contributed by atoms with E-state index in [4.69, 9.17) is 5.26 Å². The van der Waals surface area contributed by atoms with Crippen LogP contribution in [0.1, 0.15) is 58.7 Å². The van der Waals surface area contributed by atoms with Gasteiger partial charge < -0.3 is 4.55 Å². The van der Waals surface area contributed by atoms with Crippen LogP contribution in [0.25, 0.3) is 0 Å². The fourth-order valence-corrected chi connectivity index (χ4v) is 2.65. The number of nitrogens with zero attached hydrogens (tertiary/aromatic N) is 1. The van der Waals surface area contributed by atoms with Crippen LogP contribution in [0.2, 0.25) is 0 Å². The van der Waals surface area contributed by atoms with Gasteiger partial charge in [-0.3, -0.25) is 0 Å². The molecule has 1 N–H and O–H groups in total. The second-order valence-corrected chi connectivity index (χ2v) is 9.16. The van der Waals surface area contributed by atoms with Crippen molar-refractivity contribution in [3.8, 4) is 6.07 Å². The van der Waals surface area contributed by atoms with Crippen LogP contribution in [0.4, 0.5) is 8.78 Å². The minimum absolute atomic E-state index is 0.211. The molecule has 1 aromatic rings. The van der Waals surface area contributed by atoms with E-state index >= 15 is 0 Å². The van der Waals surface area contributed by atoms with E-state index in [1.807, 2.05) is 20.8 Å². The van der Waals surface area contributed by atoms with E-state index < -0.39 is 27.4 Å². The third kappa shape index (κ3) is 4.43. The molecule has 6 heteroatoms. The predicted molar refractivity (Wildman–Crippen MR) is 89.2 cm³/mol. The summed E-state index contributed by atoms with van der Waals surface area (Å²) in [5.41, 5.74) is -1.42. The van der Waals surface area contributed by atoms with Crippen molar-refractivity contribution >= 4 is 11.4 Å². The van der Waals surface area contributed by atoms with Crippen LogP contribution in [0.15, 0.2) is 24.3 Å². The van der Waals surface area contributed by atoms with E-state index in [0.29, 0.717) is 5.56 Å². The number of hydrogen-bond acceptors (Lipinski definition) is 3. The average molecular weight is 342 g/mol. The maximum absolute atomic E-state index is 14.5. The van der Waals surface area contributed by atoms with Crippen LogP contribution >= 0.6 is 0 Å². The highest BCUT2D eigenvalue weighted by atomic mass is 32.2. The van der Waals surface area contributed by atoms with Gasteiger partial charge in [0.05, 0.1) is 12.1 Å². The maximum Gasteiger partial charge on any atom is 0.291 e. The van der Waals surface area contributed by atoms with Crippen LogP contribution in [0.3, 0.4) is 0 Å². The lowest BCUT2D eigenvalue weighted by molar-refractivity contribution is -0.0854. The van der Waals surface area contributed by atoms with Gasteiger partial charge in [0.15, 0.2) is 0 Å². The van der Waals surface area contributed by atoms with Gasteiger partial charge >= 0.3 is 0 Å². The molecular weight excluding hydrogens is 318 g/mol. The Morgan fingerprint density at radius 3 is 2.26 bits per heavy atom. The Kier molecular flexibility index (Phi) is 5.84. The highest BCUT2D eigenvalue weighted by Crippen LogP contribution is 2.44. The van der Waals surface area contributed by atoms with Gasteiger partial charge in [-0.25, -0.2) is 0 Å². The summed E-state index contributed by atoms with van der Waals surface area (Å²) in [6, 6.07) is 7.24. The Hall–Kier alpha value is -1.16. The highest BCUT2D eigenvalue weighted by Gasteiger charge is 2.48. The van der Waals surface area contributed by atoms with Crippen molar-refractivity contribution in [3.63, 3.8) is 0 Å². The number of benzene rings is 1. The molecule has 23 heavy (non-hydrogen) atoms. The molecule has 0 aliphatic carbocycles. The zero-order valence-electron chi connectivity index (χ0n) is 14.4. The fraction of sp³-hybridized carbons (Fsp3) is 0.588. The van der Waals surface area contributed by atoms with Crippen molar-refractivity contribution in [2.24, 2.45) is 5.41 Å². The largest absolute Gasteiger partial charge is 0.598 e. The Morgan fingerprint density at radius 2 is 1.78 bits per heavy atom. The van der Waals surface area contributed by atoms with Crippen LogP contribution in [0.5, 0.6) is 0 Å². The SMILES string of the molecule is C[C@@H](N[S@+]([O-])C(C)(C)C)c1cccc(C(F)(F)C(C)(C)C#N)c1. The minimum Gasteiger partial charge on any atom is -0.598 e. The van der Waals surface area contributed by atoms with Crippen molar-refractivity contribution < 1.29 is 13.3 Å². The third-order valence-electron chi connectivity index (χ3n) is 3.65. The Balaban J connectivity index is 3.09. The number of alkyl halides is 2. The average Bonchev–Trinajstić information content (AvgIpc) is 2.46. The van der Waals surface area contributed by atoms with Crippen LogP contribution in [-0.2, 0) is 17.3 Å². The summed E-state index contributed by atoms with van der Waals surface area (Å²) in [6.45, 7) is 9.72. The van der Waals surface area contributed by atoms with Crippen LogP contribution in [0, 0.1) is 16.7 Å². The van der Waals surface area contributed by atoms with Gasteiger partial charge in [-0.05, 0) is 53.2 Å². The lowest BCUT2D eigenvalue weighted by Crippen LogP contribution is -2.40. The molecule has 0 heterocycles. The monoisotopic (exact) mass is 342 g/mol. The molecule has 0 aliphatic heterocycles. The number of nitriles is 1. The molecule has 0 radical (unpaired) electrons. The van der Waals surface area contributed by atoms with Crippen molar-refractivity contribution in [3.05, 3.63) is 35.4 Å². The smallest absolute Gasteiger partial charge is 0.291 e. The van der Waals surface area contributed by atoms with Crippen molar-refractivity contribution in [1.29, 1.82) is 5.26 Å². The van der Waals surface area contributed by atoms with Crippen molar-refractivity contribution in [1.82, 2.24) is 4.72 Å². The van der Waals surface area contributed by atoms with Gasteiger partial charge in [-0.2, -0.15) is 14.0 Å². The van der Waals surface area contributed by atoms with E-state index in [0.717, 1.165) is 0 Å². The molecule has 3 nitrogen and oxygen atoms in total. The minimum atomic E-state index is -3.28. The zero-order chi connectivity index (χ0) is 18.1. The highest BCUT2D eigenvalue weighted by molar-refractivity contribution is 7.90. The molecule has 0 spiro atoms. The first-order valence-electron chi connectivity index (χ1n) is 7.40. The molecule has 128 valence electrons. The molecule has 0 saturated heterocycles. The molecule has 1 rings (SSSR count). The molecule has 1 aromatic carbocycles. The second kappa shape index (κ2) is 6.76. The van der Waals surface area contributed by atoms with Gasteiger partial charge in [0.25, 0.3) is 5.92 Å². The van der Waals surface area contributed by atoms with Gasteiger partial charge in [-0.15, -0.1) is 4.72 Å². The quantitative estimate of drug-likeness (QED) is 0.805. The van der Waals surface area contributed by atoms with Gasteiger partial charge in [0, 0.05) is 16.9 Å². The van der Waals surface area contributed by atoms with Gasteiger partial charge in [0.1, 0.15) is 10.2 Å². The second-order valence-electron chi connectivity index (χ2n) is 7.16. The van der Waals surface area contributed by atoms with E-state index in [1.165, 1.54) is 32.0 Å². The molecular formula is C17H24F2N2OS. The Morgan fingerprint density at radius 1 is 1.22 bits per heavy atom. The van der Waals surface area contributed by atoms with Crippen LogP contribution in [-0.4, -0.2) is 9.30 Å². The predicted octanol–water partition coefficient (Wildman–Crippen LogP) is 4.44. The summed E-state index contributed by atoms with van der Waals surface area (Å²) in [5.74, 6) is -3.28. The summed E-state index contributed by atoms with van der Waals surface area (Å²) >= 11 is -1.30. The van der Waals surface area contributed by atoms with Crippen molar-refractivity contribution in [2.45, 2.75) is 58.3 Å². The number of hydrogen-bond donors (Lipinski definition) is 1. The maximum atomic E-state index is 14.5. The number of rotatable bonds is 5. The molecule has 0 aromatic heterocycles. The van der Waals surface area contributed by atoms with Gasteiger partial charge in [-0.1, -0.05) is 18.2 Å². The first-order chi connectivity index (χ1) is 10.3. The summed E-state index contributed by atoms with van der Waals surface area (Å²) in [5, 5.41) is 9.00. The Labute approximate surface area is 140 Å². The molecule has 0 aliphatic rings. The summed E-state index contributed by atoms with van der Waals surface area (Å²) in [6.07, 6.45) is 0. The first-order valence-corrected chi connectivity index (χ1v) is 8.55. The normalized spacial score (nSPS) is 15.8. The molecule has 0 amide bonds. The van der Waals surface area contributed by atoms with E-state index in [2.05, 4.69) is 4.72 Å². The molecule has 2 atom stereocenters. The fourth-order valence-electron chi connectivity index (χ4n) is 1.84. The molecule has 0 unspecified atom stereocenters. The van der Waals surface area contributed by atoms with Gasteiger partial charge in [0.2, 0.25) is 0 Å². The lowest BCUT2D eigenvalue weighted by Gasteiger charge is -2.29. The van der Waals surface area contributed by atoms with E-state index in [9.17, 15) is 13.3 Å². The summed E-state index contributed by atoms with van der Waals surface area (Å²) < 4.78 is 43.7. The third-order valence-corrected chi connectivity index (χ3v) is 5.33. The van der Waals surface area contributed by atoms with E-state index in [-0.39, 0.29) is 11.6 Å². The van der Waals surface area contributed by atoms with E-state index in [1.54, 1.807) is 19.1 Å². The van der Waals surface area contributed by atoms with Crippen molar-refractivity contribution in [2.75, 3.05) is 0 Å². The summed E-state index contributed by atoms with van der Waals surface area (Å²) in [4.78, 5) is 0. The summed E-state index contributed by atoms with van der Waals surface area (Å²) in [7, 11) is 0. The topological polar surface area (TPSA) is 58.9 Å². The lowest BCUT2D eigenvalue weighted by atomic mass is 9.82. The zero-order valence-corrected chi connectivity index (χ0v) is 15.2. The van der Waals surface area contributed by atoms with Crippen LogP contribution < -0.4 is 4.72 Å². The molecule has 0 bridgehead atoms.